The summed E-state index contributed by atoms with van der Waals surface area (Å²) in [7, 11) is 5.80. The maximum absolute atomic E-state index is 14.8. The van der Waals surface area contributed by atoms with Crippen molar-refractivity contribution in [2.75, 3.05) is 0 Å². The van der Waals surface area contributed by atoms with Crippen LogP contribution in [0.1, 0.15) is 33.5 Å². The van der Waals surface area contributed by atoms with E-state index < -0.39 is 23.1 Å². The van der Waals surface area contributed by atoms with Crippen molar-refractivity contribution in [1.82, 2.24) is 0 Å². The summed E-state index contributed by atoms with van der Waals surface area (Å²) >= 11 is 12.8. The van der Waals surface area contributed by atoms with Crippen LogP contribution in [-0.4, -0.2) is 19.8 Å². The van der Waals surface area contributed by atoms with Crippen molar-refractivity contribution in [2.45, 2.75) is 30.0 Å². The van der Waals surface area contributed by atoms with Crippen LogP contribution >= 0.6 is 35.0 Å². The van der Waals surface area contributed by atoms with Crippen LogP contribution in [0.25, 0.3) is 0 Å². The summed E-state index contributed by atoms with van der Waals surface area (Å²) in [6, 6.07) is 17.0. The van der Waals surface area contributed by atoms with E-state index in [9.17, 15) is 18.0 Å². The number of benzene rings is 3. The summed E-state index contributed by atoms with van der Waals surface area (Å²) in [5, 5.41) is 0.134. The molecular formula is C24H18BCl2F3OS. The van der Waals surface area contributed by atoms with Gasteiger partial charge in [-0.3, -0.25) is 4.79 Å². The van der Waals surface area contributed by atoms with Gasteiger partial charge in [0.25, 0.3) is 0 Å². The Morgan fingerprint density at radius 3 is 2.16 bits per heavy atom. The first kappa shape index (κ1) is 24.8. The van der Waals surface area contributed by atoms with Crippen molar-refractivity contribution in [2.24, 2.45) is 0 Å². The molecule has 0 bridgehead atoms. The zero-order valence-corrected chi connectivity index (χ0v) is 19.4. The number of halogens is 5. The van der Waals surface area contributed by atoms with Gasteiger partial charge in [-0.05, 0) is 42.3 Å². The van der Waals surface area contributed by atoms with E-state index in [0.717, 1.165) is 0 Å². The fourth-order valence-electron chi connectivity index (χ4n) is 3.33. The van der Waals surface area contributed by atoms with Crippen LogP contribution in [0.3, 0.4) is 0 Å². The van der Waals surface area contributed by atoms with E-state index in [1.807, 2.05) is 0 Å². The summed E-state index contributed by atoms with van der Waals surface area (Å²) < 4.78 is 41.8. The third-order valence-corrected chi connectivity index (χ3v) is 7.13. The molecule has 0 heterocycles. The van der Waals surface area contributed by atoms with E-state index in [0.29, 0.717) is 28.4 Å². The normalized spacial score (nSPS) is 13.6. The molecule has 0 amide bonds. The van der Waals surface area contributed by atoms with Gasteiger partial charge >= 0.3 is 6.18 Å². The number of Topliss-reactive ketones (excluding diaryl/α,β-unsaturated/α-hetero) is 1. The molecule has 2 radical (unpaired) electrons. The van der Waals surface area contributed by atoms with Crippen molar-refractivity contribution in [3.8, 4) is 0 Å². The Kier molecular flexibility index (Phi) is 7.69. The number of carbonyl (C=O) groups is 1. The lowest BCUT2D eigenvalue weighted by Crippen LogP contribution is -2.41. The van der Waals surface area contributed by atoms with Gasteiger partial charge in [-0.2, -0.15) is 13.2 Å². The second-order valence-corrected chi connectivity index (χ2v) is 9.58. The van der Waals surface area contributed by atoms with Crippen LogP contribution in [0.2, 0.25) is 10.0 Å². The fraction of sp³-hybridized carbons (Fsp3) is 0.208. The van der Waals surface area contributed by atoms with Crippen molar-refractivity contribution in [3.05, 3.63) is 99.0 Å². The molecule has 3 aromatic rings. The van der Waals surface area contributed by atoms with Crippen LogP contribution < -0.4 is 5.46 Å². The van der Waals surface area contributed by atoms with Gasteiger partial charge in [0.2, 0.25) is 0 Å². The molecule has 1 nitrogen and oxygen atoms in total. The highest BCUT2D eigenvalue weighted by atomic mass is 35.5. The molecule has 0 saturated carbocycles. The summed E-state index contributed by atoms with van der Waals surface area (Å²) in [6.07, 6.45) is -5.58. The highest BCUT2D eigenvalue weighted by Crippen LogP contribution is 2.54. The zero-order chi connectivity index (χ0) is 23.5. The molecule has 32 heavy (non-hydrogen) atoms. The van der Waals surface area contributed by atoms with Gasteiger partial charge in [-0.25, -0.2) is 0 Å². The largest absolute Gasteiger partial charge is 0.407 e. The number of carbonyl (C=O) groups excluding carboxylic acids is 1. The number of hydrogen-bond acceptors (Lipinski definition) is 2. The maximum Gasteiger partial charge on any atom is 0.407 e. The number of rotatable bonds is 7. The van der Waals surface area contributed by atoms with Crippen molar-refractivity contribution in [3.63, 3.8) is 0 Å². The summed E-state index contributed by atoms with van der Waals surface area (Å²) in [5.74, 6) is -0.611. The molecule has 1 atom stereocenters. The van der Waals surface area contributed by atoms with E-state index >= 15 is 0 Å². The van der Waals surface area contributed by atoms with E-state index in [-0.39, 0.29) is 26.9 Å². The quantitative estimate of drug-likeness (QED) is 0.259. The third-order valence-electron chi connectivity index (χ3n) is 5.12. The fourth-order valence-corrected chi connectivity index (χ4v) is 5.14. The molecule has 0 aliphatic rings. The summed E-state index contributed by atoms with van der Waals surface area (Å²) in [5.41, 5.74) is 1.79. The van der Waals surface area contributed by atoms with Crippen LogP contribution in [0.5, 0.6) is 0 Å². The molecule has 0 fully saturated rings. The molecule has 1 unspecified atom stereocenters. The van der Waals surface area contributed by atoms with Crippen molar-refractivity contribution < 1.29 is 18.0 Å². The summed E-state index contributed by atoms with van der Waals surface area (Å²) in [6.45, 7) is 1.70. The lowest BCUT2D eigenvalue weighted by atomic mass is 9.86. The average Bonchev–Trinajstić information content (AvgIpc) is 2.72. The average molecular weight is 493 g/mol. The van der Waals surface area contributed by atoms with Crippen LogP contribution in [0.4, 0.5) is 13.2 Å². The summed E-state index contributed by atoms with van der Waals surface area (Å²) in [4.78, 5) is 13.1. The smallest absolute Gasteiger partial charge is 0.294 e. The number of hydrogen-bond donors (Lipinski definition) is 0. The highest BCUT2D eigenvalue weighted by molar-refractivity contribution is 7.99. The first-order chi connectivity index (χ1) is 15.0. The van der Waals surface area contributed by atoms with Gasteiger partial charge in [-0.1, -0.05) is 76.7 Å². The minimum Gasteiger partial charge on any atom is -0.294 e. The van der Waals surface area contributed by atoms with Crippen molar-refractivity contribution in [1.29, 1.82) is 0 Å². The van der Waals surface area contributed by atoms with Gasteiger partial charge in [0, 0.05) is 27.8 Å². The van der Waals surface area contributed by atoms with Crippen molar-refractivity contribution >= 4 is 54.1 Å². The lowest BCUT2D eigenvalue weighted by molar-refractivity contribution is -0.161. The van der Waals surface area contributed by atoms with E-state index in [1.165, 1.54) is 36.4 Å². The van der Waals surface area contributed by atoms with Gasteiger partial charge in [0.15, 0.2) is 5.78 Å². The molecule has 3 rings (SSSR count). The highest BCUT2D eigenvalue weighted by Gasteiger charge is 2.57. The molecule has 164 valence electrons. The molecule has 0 spiro atoms. The maximum atomic E-state index is 14.8. The molecule has 0 aromatic heterocycles. The van der Waals surface area contributed by atoms with E-state index in [2.05, 4.69) is 0 Å². The molecule has 0 aliphatic heterocycles. The number of aryl methyl sites for hydroxylation is 1. The van der Waals surface area contributed by atoms with Gasteiger partial charge in [0.05, 0.1) is 0 Å². The van der Waals surface area contributed by atoms with Gasteiger partial charge in [0.1, 0.15) is 12.6 Å². The Hall–Kier alpha value is -1.89. The number of ketones is 1. The monoisotopic (exact) mass is 492 g/mol. The predicted molar refractivity (Wildman–Crippen MR) is 127 cm³/mol. The molecule has 3 aromatic carbocycles. The van der Waals surface area contributed by atoms with Gasteiger partial charge in [-0.15, -0.1) is 11.8 Å². The topological polar surface area (TPSA) is 17.1 Å². The Labute approximate surface area is 200 Å². The zero-order valence-electron chi connectivity index (χ0n) is 17.0. The molecule has 0 aliphatic carbocycles. The Morgan fingerprint density at radius 1 is 0.969 bits per heavy atom. The molecule has 8 heteroatoms. The number of thioether (sulfide) groups is 1. The first-order valence-electron chi connectivity index (χ1n) is 9.62. The van der Waals surface area contributed by atoms with E-state index in [1.54, 1.807) is 37.3 Å². The van der Waals surface area contributed by atoms with Crippen LogP contribution in [0.15, 0.2) is 66.7 Å². The Morgan fingerprint density at radius 2 is 1.59 bits per heavy atom. The second kappa shape index (κ2) is 9.94. The first-order valence-corrected chi connectivity index (χ1v) is 11.4. The molecular weight excluding hydrogens is 475 g/mol. The predicted octanol–water partition coefficient (Wildman–Crippen LogP) is 7.06. The van der Waals surface area contributed by atoms with Crippen LogP contribution in [0, 0.1) is 6.92 Å². The molecule has 0 N–H and O–H groups in total. The van der Waals surface area contributed by atoms with E-state index in [4.69, 9.17) is 31.0 Å². The van der Waals surface area contributed by atoms with Gasteiger partial charge < -0.3 is 0 Å². The van der Waals surface area contributed by atoms with Crippen LogP contribution in [-0.2, 0) is 10.5 Å². The Balaban J connectivity index is 2.10. The minimum atomic E-state index is -4.76. The third kappa shape index (κ3) is 5.53. The SMILES string of the molecule is [B]c1ccc(C(=O)CC(SCc2ccccc2)(c2cc(Cl)cc(Cl)c2)C(F)(F)F)cc1C. The Bertz CT molecular complexity index is 1100. The lowest BCUT2D eigenvalue weighted by Gasteiger charge is -2.36. The minimum absolute atomic E-state index is 0.0402. The number of alkyl halides is 3. The second-order valence-electron chi connectivity index (χ2n) is 7.43. The standard InChI is InChI=1S/C24H18BCl2F3OS/c1-15-9-17(7-8-21(15)25)22(31)13-23(24(28,29)30,18-10-19(26)12-20(27)11-18)32-14-16-5-3-2-4-6-16/h2-12H,13-14H2,1H3. The molecule has 0 saturated heterocycles.